The molecule has 0 heterocycles. The van der Waals surface area contributed by atoms with Crippen molar-refractivity contribution in [3.05, 3.63) is 53.1 Å². The molecule has 1 amide bonds. The fraction of sp³-hybridized carbons (Fsp3) is 0.360. The van der Waals surface area contributed by atoms with Gasteiger partial charge in [0.2, 0.25) is 5.91 Å². The van der Waals surface area contributed by atoms with E-state index in [1.165, 1.54) is 6.92 Å². The van der Waals surface area contributed by atoms with Crippen LogP contribution in [0.25, 0.3) is 0 Å². The molecular formula is C25H29NO5. The Morgan fingerprint density at radius 2 is 1.81 bits per heavy atom. The van der Waals surface area contributed by atoms with Gasteiger partial charge in [-0.1, -0.05) is 18.1 Å². The summed E-state index contributed by atoms with van der Waals surface area (Å²) in [4.78, 5) is 24.3. The lowest BCUT2D eigenvalue weighted by atomic mass is 9.96. The molecule has 0 bridgehead atoms. The monoisotopic (exact) mass is 423 g/mol. The van der Waals surface area contributed by atoms with E-state index in [4.69, 9.17) is 20.6 Å². The fourth-order valence-electron chi connectivity index (χ4n) is 3.14. The molecule has 2 aromatic carbocycles. The summed E-state index contributed by atoms with van der Waals surface area (Å²) in [5.41, 5.74) is 2.43. The van der Waals surface area contributed by atoms with E-state index in [1.807, 2.05) is 37.3 Å². The quantitative estimate of drug-likeness (QED) is 0.417. The van der Waals surface area contributed by atoms with Crippen molar-refractivity contribution >= 4 is 11.7 Å². The maximum absolute atomic E-state index is 13.1. The van der Waals surface area contributed by atoms with Crippen molar-refractivity contribution in [2.45, 2.75) is 33.1 Å². The number of aryl methyl sites for hydroxylation is 1. The Hall–Kier alpha value is -3.46. The first-order valence-electron chi connectivity index (χ1n) is 10.2. The van der Waals surface area contributed by atoms with Gasteiger partial charge in [0, 0.05) is 25.5 Å². The normalized spacial score (nSPS) is 10.1. The zero-order valence-corrected chi connectivity index (χ0v) is 18.3. The number of ketones is 1. The average Bonchev–Trinajstić information content (AvgIpc) is 2.77. The lowest BCUT2D eigenvalue weighted by Crippen LogP contribution is -2.23. The van der Waals surface area contributed by atoms with Gasteiger partial charge in [0.1, 0.15) is 12.4 Å². The van der Waals surface area contributed by atoms with Crippen LogP contribution in [0.1, 0.15) is 41.8 Å². The SMILES string of the molecule is C#CCOc1ccc(CCC(=O)c2cc(OCC)c(OC)cc2CCNC(C)=O)cc1. The van der Waals surface area contributed by atoms with Crippen molar-refractivity contribution in [3.63, 3.8) is 0 Å². The third-order valence-corrected chi connectivity index (χ3v) is 4.64. The maximum Gasteiger partial charge on any atom is 0.216 e. The van der Waals surface area contributed by atoms with Gasteiger partial charge in [-0.25, -0.2) is 0 Å². The number of methoxy groups -OCH3 is 1. The second kappa shape index (κ2) is 12.3. The zero-order chi connectivity index (χ0) is 22.6. The molecule has 0 spiro atoms. The number of benzene rings is 2. The lowest BCUT2D eigenvalue weighted by Gasteiger charge is -2.15. The molecular weight excluding hydrogens is 394 g/mol. The van der Waals surface area contributed by atoms with Crippen LogP contribution >= 0.6 is 0 Å². The molecule has 0 unspecified atom stereocenters. The number of rotatable bonds is 12. The van der Waals surface area contributed by atoms with Crippen LogP contribution in [0.2, 0.25) is 0 Å². The van der Waals surface area contributed by atoms with E-state index in [0.717, 1.165) is 11.1 Å². The number of ether oxygens (including phenoxy) is 3. The Morgan fingerprint density at radius 1 is 1.06 bits per heavy atom. The Bertz CT molecular complexity index is 928. The summed E-state index contributed by atoms with van der Waals surface area (Å²) in [6.45, 7) is 4.46. The molecule has 0 aliphatic rings. The van der Waals surface area contributed by atoms with Crippen molar-refractivity contribution in [3.8, 4) is 29.6 Å². The van der Waals surface area contributed by atoms with E-state index in [1.54, 1.807) is 13.2 Å². The summed E-state index contributed by atoms with van der Waals surface area (Å²) in [6, 6.07) is 11.1. The second-order valence-corrected chi connectivity index (χ2v) is 6.89. The predicted molar refractivity (Wildman–Crippen MR) is 120 cm³/mol. The second-order valence-electron chi connectivity index (χ2n) is 6.89. The molecule has 2 rings (SSSR count). The molecule has 0 atom stereocenters. The van der Waals surface area contributed by atoms with Gasteiger partial charge in [-0.05, 0) is 55.2 Å². The van der Waals surface area contributed by atoms with Crippen LogP contribution in [0, 0.1) is 12.3 Å². The highest BCUT2D eigenvalue weighted by Crippen LogP contribution is 2.32. The van der Waals surface area contributed by atoms with Crippen LogP contribution in [0.3, 0.4) is 0 Å². The van der Waals surface area contributed by atoms with E-state index >= 15 is 0 Å². The Labute approximate surface area is 183 Å². The van der Waals surface area contributed by atoms with Gasteiger partial charge < -0.3 is 19.5 Å². The minimum Gasteiger partial charge on any atom is -0.493 e. The third kappa shape index (κ3) is 7.38. The van der Waals surface area contributed by atoms with Crippen LogP contribution in [-0.4, -0.2) is 38.6 Å². The first-order valence-corrected chi connectivity index (χ1v) is 10.2. The highest BCUT2D eigenvalue weighted by Gasteiger charge is 2.17. The number of nitrogens with one attached hydrogen (secondary N) is 1. The molecule has 6 nitrogen and oxygen atoms in total. The average molecular weight is 424 g/mol. The molecule has 0 fully saturated rings. The summed E-state index contributed by atoms with van der Waals surface area (Å²) in [7, 11) is 1.56. The van der Waals surface area contributed by atoms with Crippen molar-refractivity contribution in [2.75, 3.05) is 26.9 Å². The molecule has 2 aromatic rings. The van der Waals surface area contributed by atoms with Gasteiger partial charge in [0.25, 0.3) is 0 Å². The van der Waals surface area contributed by atoms with Gasteiger partial charge in [0.05, 0.1) is 13.7 Å². The van der Waals surface area contributed by atoms with E-state index in [9.17, 15) is 9.59 Å². The van der Waals surface area contributed by atoms with Crippen LogP contribution in [0.15, 0.2) is 36.4 Å². The molecule has 0 aliphatic carbocycles. The number of Topliss-reactive ketones (excluding diaryl/α,β-unsaturated/α-hetero) is 1. The van der Waals surface area contributed by atoms with Gasteiger partial charge in [0.15, 0.2) is 17.3 Å². The number of carbonyl (C=O) groups excluding carboxylic acids is 2. The number of hydrogen-bond acceptors (Lipinski definition) is 5. The molecule has 0 aromatic heterocycles. The van der Waals surface area contributed by atoms with Crippen molar-refractivity contribution in [1.82, 2.24) is 5.32 Å². The van der Waals surface area contributed by atoms with Crippen LogP contribution in [-0.2, 0) is 17.6 Å². The van der Waals surface area contributed by atoms with Crippen LogP contribution < -0.4 is 19.5 Å². The van der Waals surface area contributed by atoms with Crippen LogP contribution in [0.5, 0.6) is 17.2 Å². The molecule has 0 radical (unpaired) electrons. The third-order valence-electron chi connectivity index (χ3n) is 4.64. The van der Waals surface area contributed by atoms with E-state index < -0.39 is 0 Å². The van der Waals surface area contributed by atoms with Crippen molar-refractivity contribution < 1.29 is 23.8 Å². The number of hydrogen-bond donors (Lipinski definition) is 1. The van der Waals surface area contributed by atoms with Gasteiger partial charge >= 0.3 is 0 Å². The van der Waals surface area contributed by atoms with E-state index in [-0.39, 0.29) is 18.3 Å². The first-order chi connectivity index (χ1) is 15.0. The summed E-state index contributed by atoms with van der Waals surface area (Å²) >= 11 is 0. The van der Waals surface area contributed by atoms with Gasteiger partial charge in [-0.3, -0.25) is 9.59 Å². The Morgan fingerprint density at radius 3 is 2.42 bits per heavy atom. The number of terminal acetylenes is 1. The van der Waals surface area contributed by atoms with E-state index in [0.29, 0.717) is 55.2 Å². The predicted octanol–water partition coefficient (Wildman–Crippen LogP) is 3.60. The highest BCUT2D eigenvalue weighted by molar-refractivity contribution is 5.98. The molecule has 0 saturated heterocycles. The highest BCUT2D eigenvalue weighted by atomic mass is 16.5. The van der Waals surface area contributed by atoms with Crippen molar-refractivity contribution in [2.24, 2.45) is 0 Å². The molecule has 164 valence electrons. The Balaban J connectivity index is 2.16. The molecule has 0 aliphatic heterocycles. The molecule has 31 heavy (non-hydrogen) atoms. The molecule has 1 N–H and O–H groups in total. The molecule has 0 saturated carbocycles. The standard InChI is InChI=1S/C25H29NO5/c1-5-15-31-21-10-7-19(8-11-21)9-12-23(28)22-17-25(30-6-2)24(29-4)16-20(22)13-14-26-18(3)27/h1,7-8,10-11,16-17H,6,9,12-15H2,2-4H3,(H,26,27). The summed E-state index contributed by atoms with van der Waals surface area (Å²) < 4.78 is 16.4. The Kier molecular flexibility index (Phi) is 9.44. The molecule has 6 heteroatoms. The summed E-state index contributed by atoms with van der Waals surface area (Å²) in [5, 5.41) is 2.77. The van der Waals surface area contributed by atoms with E-state index in [2.05, 4.69) is 11.2 Å². The van der Waals surface area contributed by atoms with Crippen LogP contribution in [0.4, 0.5) is 0 Å². The maximum atomic E-state index is 13.1. The minimum atomic E-state index is -0.111. The smallest absolute Gasteiger partial charge is 0.216 e. The fourth-order valence-corrected chi connectivity index (χ4v) is 3.14. The largest absolute Gasteiger partial charge is 0.493 e. The number of carbonyl (C=O) groups is 2. The number of amides is 1. The van der Waals surface area contributed by atoms with Gasteiger partial charge in [-0.15, -0.1) is 6.42 Å². The zero-order valence-electron chi connectivity index (χ0n) is 18.3. The topological polar surface area (TPSA) is 73.9 Å². The summed E-state index contributed by atoms with van der Waals surface area (Å²) in [5.74, 6) is 4.13. The lowest BCUT2D eigenvalue weighted by molar-refractivity contribution is -0.118. The first kappa shape index (κ1) is 23.8. The van der Waals surface area contributed by atoms with Crippen molar-refractivity contribution in [1.29, 1.82) is 0 Å². The van der Waals surface area contributed by atoms with Gasteiger partial charge in [-0.2, -0.15) is 0 Å². The minimum absolute atomic E-state index is 0.00842. The summed E-state index contributed by atoms with van der Waals surface area (Å²) in [6.07, 6.45) is 6.65.